The molecular weight excluding hydrogens is 171 g/mol. The van der Waals surface area contributed by atoms with E-state index in [0.29, 0.717) is 12.4 Å². The first-order chi connectivity index (χ1) is 6.27. The maximum atomic E-state index is 12.9. The lowest BCUT2D eigenvalue weighted by molar-refractivity contribution is 0.312. The van der Waals surface area contributed by atoms with Gasteiger partial charge >= 0.3 is 0 Å². The molecule has 0 saturated carbocycles. The summed E-state index contributed by atoms with van der Waals surface area (Å²) in [6.07, 6.45) is 0.930. The van der Waals surface area contributed by atoms with Crippen molar-refractivity contribution in [1.29, 1.82) is 0 Å². The van der Waals surface area contributed by atoms with Crippen LogP contribution in [-0.4, -0.2) is 13.7 Å². The molecule has 13 heavy (non-hydrogen) atoms. The zero-order valence-corrected chi connectivity index (χ0v) is 7.84. The number of hydrogen-bond donors (Lipinski definition) is 0. The summed E-state index contributed by atoms with van der Waals surface area (Å²) in [5, 5.41) is 0. The second kappa shape index (κ2) is 4.70. The average molecular weight is 184 g/mol. The van der Waals surface area contributed by atoms with Crippen molar-refractivity contribution in [2.45, 2.75) is 13.3 Å². The lowest BCUT2D eigenvalue weighted by Crippen LogP contribution is -1.96. The summed E-state index contributed by atoms with van der Waals surface area (Å²) in [5.74, 6) is 0.486. The van der Waals surface area contributed by atoms with E-state index in [1.807, 2.05) is 6.92 Å². The molecule has 0 bridgehead atoms. The van der Waals surface area contributed by atoms with Crippen molar-refractivity contribution >= 4 is 0 Å². The van der Waals surface area contributed by atoms with E-state index in [1.54, 1.807) is 12.1 Å². The van der Waals surface area contributed by atoms with Gasteiger partial charge in [-0.3, -0.25) is 0 Å². The van der Waals surface area contributed by atoms with Crippen molar-refractivity contribution < 1.29 is 13.9 Å². The van der Waals surface area contributed by atoms with Crippen LogP contribution in [0.4, 0.5) is 4.39 Å². The topological polar surface area (TPSA) is 18.5 Å². The van der Waals surface area contributed by atoms with Gasteiger partial charge in [-0.2, -0.15) is 0 Å². The third-order valence-electron chi connectivity index (χ3n) is 1.60. The van der Waals surface area contributed by atoms with Crippen LogP contribution in [-0.2, 0) is 0 Å². The third-order valence-corrected chi connectivity index (χ3v) is 1.60. The molecule has 1 aromatic carbocycles. The molecule has 0 unspecified atom stereocenters. The van der Waals surface area contributed by atoms with Crippen molar-refractivity contribution in [1.82, 2.24) is 0 Å². The highest BCUT2D eigenvalue weighted by Crippen LogP contribution is 2.22. The van der Waals surface area contributed by atoms with E-state index >= 15 is 0 Å². The molecule has 0 heterocycles. The van der Waals surface area contributed by atoms with Crippen molar-refractivity contribution in [3.05, 3.63) is 24.0 Å². The molecule has 0 radical (unpaired) electrons. The second-order valence-electron chi connectivity index (χ2n) is 2.64. The number of halogens is 1. The maximum Gasteiger partial charge on any atom is 0.165 e. The number of hydrogen-bond acceptors (Lipinski definition) is 2. The summed E-state index contributed by atoms with van der Waals surface area (Å²) in [4.78, 5) is 0. The molecule has 3 heteroatoms. The number of ether oxygens (including phenoxy) is 2. The fourth-order valence-electron chi connectivity index (χ4n) is 0.950. The number of benzene rings is 1. The van der Waals surface area contributed by atoms with Crippen LogP contribution >= 0.6 is 0 Å². The first kappa shape index (κ1) is 9.84. The number of methoxy groups -OCH3 is 1. The minimum Gasteiger partial charge on any atom is -0.494 e. The Bertz CT molecular complexity index is 274. The molecule has 0 aliphatic heterocycles. The Morgan fingerprint density at radius 2 is 2.15 bits per heavy atom. The Hall–Kier alpha value is -1.25. The van der Waals surface area contributed by atoms with Gasteiger partial charge < -0.3 is 9.47 Å². The fourth-order valence-corrected chi connectivity index (χ4v) is 0.950. The molecule has 0 aliphatic carbocycles. The predicted molar refractivity (Wildman–Crippen MR) is 48.7 cm³/mol. The van der Waals surface area contributed by atoms with Crippen molar-refractivity contribution in [3.63, 3.8) is 0 Å². The quantitative estimate of drug-likeness (QED) is 0.716. The van der Waals surface area contributed by atoms with Gasteiger partial charge in [0.25, 0.3) is 0 Å². The van der Waals surface area contributed by atoms with Crippen LogP contribution < -0.4 is 9.47 Å². The normalized spacial score (nSPS) is 9.77. The Morgan fingerprint density at radius 1 is 1.38 bits per heavy atom. The summed E-state index contributed by atoms with van der Waals surface area (Å²) in [5.41, 5.74) is 0. The molecule has 0 aliphatic rings. The van der Waals surface area contributed by atoms with Crippen LogP contribution in [0.2, 0.25) is 0 Å². The van der Waals surface area contributed by atoms with Crippen LogP contribution in [0.25, 0.3) is 0 Å². The van der Waals surface area contributed by atoms with Crippen LogP contribution in [0, 0.1) is 5.82 Å². The monoisotopic (exact) mass is 184 g/mol. The van der Waals surface area contributed by atoms with Crippen molar-refractivity contribution in [2.75, 3.05) is 13.7 Å². The van der Waals surface area contributed by atoms with E-state index in [-0.39, 0.29) is 11.6 Å². The molecule has 0 N–H and O–H groups in total. The third kappa shape index (κ3) is 2.61. The highest BCUT2D eigenvalue weighted by molar-refractivity contribution is 5.34. The highest BCUT2D eigenvalue weighted by atomic mass is 19.1. The Morgan fingerprint density at radius 3 is 2.77 bits per heavy atom. The fraction of sp³-hybridized carbons (Fsp3) is 0.400. The summed E-state index contributed by atoms with van der Waals surface area (Å²) < 4.78 is 23.0. The summed E-state index contributed by atoms with van der Waals surface area (Å²) in [6.45, 7) is 2.65. The molecule has 2 nitrogen and oxygen atoms in total. The van der Waals surface area contributed by atoms with E-state index in [2.05, 4.69) is 0 Å². The molecule has 0 aromatic heterocycles. The van der Waals surface area contributed by atoms with Crippen LogP contribution in [0.15, 0.2) is 18.2 Å². The predicted octanol–water partition coefficient (Wildman–Crippen LogP) is 2.62. The molecule has 72 valence electrons. The molecule has 0 fully saturated rings. The van der Waals surface area contributed by atoms with Gasteiger partial charge in [0, 0.05) is 6.07 Å². The van der Waals surface area contributed by atoms with E-state index in [9.17, 15) is 4.39 Å². The van der Waals surface area contributed by atoms with Crippen molar-refractivity contribution in [3.8, 4) is 11.5 Å². The molecular formula is C10H13FO2. The van der Waals surface area contributed by atoms with E-state index < -0.39 is 0 Å². The largest absolute Gasteiger partial charge is 0.494 e. The Balaban J connectivity index is 2.74. The van der Waals surface area contributed by atoms with E-state index in [1.165, 1.54) is 13.2 Å². The van der Waals surface area contributed by atoms with Gasteiger partial charge in [0.2, 0.25) is 0 Å². The number of rotatable bonds is 4. The molecule has 1 aromatic rings. The van der Waals surface area contributed by atoms with Gasteiger partial charge in [0.15, 0.2) is 11.6 Å². The van der Waals surface area contributed by atoms with Gasteiger partial charge in [0.05, 0.1) is 13.7 Å². The second-order valence-corrected chi connectivity index (χ2v) is 2.64. The summed E-state index contributed by atoms with van der Waals surface area (Å²) in [6, 6.07) is 4.47. The SMILES string of the molecule is CCCOc1ccc(F)c(OC)c1. The molecule has 0 spiro atoms. The zero-order chi connectivity index (χ0) is 9.68. The average Bonchev–Trinajstić information content (AvgIpc) is 2.16. The lowest BCUT2D eigenvalue weighted by atomic mass is 10.3. The van der Waals surface area contributed by atoms with E-state index in [4.69, 9.17) is 9.47 Å². The van der Waals surface area contributed by atoms with Crippen LogP contribution in [0.3, 0.4) is 0 Å². The Labute approximate surface area is 77.3 Å². The highest BCUT2D eigenvalue weighted by Gasteiger charge is 2.03. The molecule has 0 amide bonds. The molecule has 1 rings (SSSR count). The first-order valence-corrected chi connectivity index (χ1v) is 4.24. The smallest absolute Gasteiger partial charge is 0.165 e. The van der Waals surface area contributed by atoms with Crippen molar-refractivity contribution in [2.24, 2.45) is 0 Å². The first-order valence-electron chi connectivity index (χ1n) is 4.24. The van der Waals surface area contributed by atoms with Gasteiger partial charge in [-0.05, 0) is 18.6 Å². The lowest BCUT2D eigenvalue weighted by Gasteiger charge is -2.06. The zero-order valence-electron chi connectivity index (χ0n) is 7.84. The minimum atomic E-state index is -0.369. The van der Waals surface area contributed by atoms with Gasteiger partial charge in [-0.15, -0.1) is 0 Å². The van der Waals surface area contributed by atoms with E-state index in [0.717, 1.165) is 6.42 Å². The van der Waals surface area contributed by atoms with Gasteiger partial charge in [-0.25, -0.2) is 4.39 Å². The summed E-state index contributed by atoms with van der Waals surface area (Å²) in [7, 11) is 1.43. The molecule has 0 saturated heterocycles. The van der Waals surface area contributed by atoms with Gasteiger partial charge in [0.1, 0.15) is 5.75 Å². The van der Waals surface area contributed by atoms with Crippen LogP contribution in [0.5, 0.6) is 11.5 Å². The Kier molecular flexibility index (Phi) is 3.55. The maximum absolute atomic E-state index is 12.9. The minimum absolute atomic E-state index is 0.216. The summed E-state index contributed by atoms with van der Waals surface area (Å²) >= 11 is 0. The molecule has 0 atom stereocenters. The van der Waals surface area contributed by atoms with Crippen LogP contribution in [0.1, 0.15) is 13.3 Å². The standard InChI is InChI=1S/C10H13FO2/c1-3-6-13-8-4-5-9(11)10(7-8)12-2/h4-5,7H,3,6H2,1-2H3. The van der Waals surface area contributed by atoms with Gasteiger partial charge in [-0.1, -0.05) is 6.92 Å².